The third-order valence-electron chi connectivity index (χ3n) is 5.34. The topological polar surface area (TPSA) is 52.6 Å². The van der Waals surface area contributed by atoms with Crippen molar-refractivity contribution in [1.29, 1.82) is 0 Å². The largest absolute Gasteiger partial charge is 0.396 e. The number of aryl methyl sites for hydroxylation is 1. The van der Waals surface area contributed by atoms with Gasteiger partial charge in [0.1, 0.15) is 0 Å². The van der Waals surface area contributed by atoms with Crippen LogP contribution in [-0.2, 0) is 6.42 Å². The lowest BCUT2D eigenvalue weighted by molar-refractivity contribution is 0.161. The monoisotopic (exact) mass is 348 g/mol. The summed E-state index contributed by atoms with van der Waals surface area (Å²) in [6, 6.07) is 8.91. The molecule has 5 heteroatoms. The molecule has 1 saturated carbocycles. The molecule has 1 fully saturated rings. The highest BCUT2D eigenvalue weighted by Gasteiger charge is 2.32. The fourth-order valence-electron chi connectivity index (χ4n) is 4.04. The van der Waals surface area contributed by atoms with Gasteiger partial charge in [-0.3, -0.25) is 0 Å². The highest BCUT2D eigenvalue weighted by atomic mass is 32.2. The number of thioether (sulfide) groups is 1. The Hall–Kier alpha value is -1.20. The molecular formula is C19H28N2O2S. The molecule has 0 heterocycles. The van der Waals surface area contributed by atoms with Crippen molar-refractivity contribution < 1.29 is 9.90 Å². The first kappa shape index (κ1) is 17.6. The van der Waals surface area contributed by atoms with Gasteiger partial charge in [0, 0.05) is 24.4 Å². The minimum absolute atomic E-state index is 0.0388. The molecule has 132 valence electrons. The average molecular weight is 349 g/mol. The molecule has 0 spiro atoms. The Labute approximate surface area is 149 Å². The summed E-state index contributed by atoms with van der Waals surface area (Å²) in [5, 5.41) is 13.2. The number of carbonyl (C=O) groups is 1. The fraction of sp³-hybridized carbons (Fsp3) is 0.632. The van der Waals surface area contributed by atoms with E-state index in [0.717, 1.165) is 25.7 Å². The van der Waals surface area contributed by atoms with E-state index in [-0.39, 0.29) is 18.7 Å². The standard InChI is InChI=1S/C19H28N2O2S/c1-24-16-9-8-15(13-16)20-19(23)21(11-4-12-22)18-10-7-14-5-2-3-6-17(14)18/h2-3,5-6,15-16,18,22H,4,7-13H2,1H3,(H,20,23)/t15-,16+,18-/m0/s1. The Morgan fingerprint density at radius 3 is 2.92 bits per heavy atom. The van der Waals surface area contributed by atoms with Crippen LogP contribution >= 0.6 is 11.8 Å². The van der Waals surface area contributed by atoms with Crippen molar-refractivity contribution in [2.24, 2.45) is 0 Å². The zero-order valence-electron chi connectivity index (χ0n) is 14.4. The molecule has 1 aromatic rings. The van der Waals surface area contributed by atoms with Crippen LogP contribution in [0, 0.1) is 0 Å². The van der Waals surface area contributed by atoms with Crippen LogP contribution in [0.2, 0.25) is 0 Å². The van der Waals surface area contributed by atoms with Crippen molar-refractivity contribution in [3.8, 4) is 0 Å². The lowest BCUT2D eigenvalue weighted by atomic mass is 10.1. The van der Waals surface area contributed by atoms with Crippen LogP contribution in [0.25, 0.3) is 0 Å². The SMILES string of the molecule is CS[C@@H]1CC[C@H](NC(=O)N(CCCO)[C@H]2CCc3ccccc32)C1. The summed E-state index contributed by atoms with van der Waals surface area (Å²) >= 11 is 1.90. The second-order valence-corrected chi connectivity index (χ2v) is 7.98. The number of benzene rings is 1. The number of carbonyl (C=O) groups excluding carboxylic acids is 1. The Morgan fingerprint density at radius 1 is 1.33 bits per heavy atom. The minimum atomic E-state index is 0.0388. The summed E-state index contributed by atoms with van der Waals surface area (Å²) in [7, 11) is 0. The highest BCUT2D eigenvalue weighted by Crippen LogP contribution is 2.36. The molecule has 0 bridgehead atoms. The van der Waals surface area contributed by atoms with Crippen LogP contribution in [0.1, 0.15) is 49.3 Å². The molecule has 3 rings (SSSR count). The Morgan fingerprint density at radius 2 is 2.17 bits per heavy atom. The normalized spacial score (nSPS) is 25.5. The quantitative estimate of drug-likeness (QED) is 0.829. The lowest BCUT2D eigenvalue weighted by Crippen LogP contribution is -2.46. The molecular weight excluding hydrogens is 320 g/mol. The molecule has 1 aromatic carbocycles. The zero-order chi connectivity index (χ0) is 16.9. The number of hydrogen-bond donors (Lipinski definition) is 2. The minimum Gasteiger partial charge on any atom is -0.396 e. The van der Waals surface area contributed by atoms with Gasteiger partial charge in [-0.15, -0.1) is 0 Å². The van der Waals surface area contributed by atoms with Crippen molar-refractivity contribution in [1.82, 2.24) is 10.2 Å². The van der Waals surface area contributed by atoms with Gasteiger partial charge in [-0.1, -0.05) is 24.3 Å². The lowest BCUT2D eigenvalue weighted by Gasteiger charge is -2.31. The van der Waals surface area contributed by atoms with E-state index in [4.69, 9.17) is 0 Å². The highest BCUT2D eigenvalue weighted by molar-refractivity contribution is 7.99. The van der Waals surface area contributed by atoms with Gasteiger partial charge >= 0.3 is 6.03 Å². The van der Waals surface area contributed by atoms with Crippen LogP contribution in [-0.4, -0.2) is 46.7 Å². The predicted molar refractivity (Wildman–Crippen MR) is 99.4 cm³/mol. The Bertz CT molecular complexity index is 566. The third kappa shape index (κ3) is 3.89. The number of aliphatic hydroxyl groups excluding tert-OH is 1. The van der Waals surface area contributed by atoms with E-state index >= 15 is 0 Å². The van der Waals surface area contributed by atoms with Gasteiger partial charge in [0.05, 0.1) is 6.04 Å². The van der Waals surface area contributed by atoms with E-state index in [1.165, 1.54) is 17.5 Å². The molecule has 3 atom stereocenters. The van der Waals surface area contributed by atoms with E-state index in [0.29, 0.717) is 24.3 Å². The van der Waals surface area contributed by atoms with Crippen molar-refractivity contribution in [3.05, 3.63) is 35.4 Å². The van der Waals surface area contributed by atoms with Crippen LogP contribution in [0.4, 0.5) is 4.79 Å². The van der Waals surface area contributed by atoms with Crippen molar-refractivity contribution in [2.75, 3.05) is 19.4 Å². The fourth-order valence-corrected chi connectivity index (χ4v) is 4.84. The van der Waals surface area contributed by atoms with Gasteiger partial charge in [-0.25, -0.2) is 4.79 Å². The molecule has 0 aromatic heterocycles. The number of hydrogen-bond acceptors (Lipinski definition) is 3. The van der Waals surface area contributed by atoms with Gasteiger partial charge in [0.2, 0.25) is 0 Å². The number of amides is 2. The molecule has 0 radical (unpaired) electrons. The number of nitrogens with zero attached hydrogens (tertiary/aromatic N) is 1. The molecule has 0 aliphatic heterocycles. The van der Waals surface area contributed by atoms with Crippen molar-refractivity contribution in [3.63, 3.8) is 0 Å². The molecule has 4 nitrogen and oxygen atoms in total. The Kier molecular flexibility index (Phi) is 6.06. The maximum atomic E-state index is 12.9. The summed E-state index contributed by atoms with van der Waals surface area (Å²) < 4.78 is 0. The number of rotatable bonds is 6. The molecule has 0 unspecified atom stereocenters. The van der Waals surface area contributed by atoms with E-state index in [2.05, 4.69) is 35.8 Å². The first-order valence-electron chi connectivity index (χ1n) is 9.01. The third-order valence-corrected chi connectivity index (χ3v) is 6.44. The summed E-state index contributed by atoms with van der Waals surface area (Å²) in [5.74, 6) is 0. The van der Waals surface area contributed by atoms with Crippen LogP contribution in [0.15, 0.2) is 24.3 Å². The molecule has 2 amide bonds. The van der Waals surface area contributed by atoms with Gasteiger partial charge in [-0.2, -0.15) is 11.8 Å². The molecule has 2 aliphatic rings. The van der Waals surface area contributed by atoms with Crippen molar-refractivity contribution in [2.45, 2.75) is 55.9 Å². The number of aliphatic hydroxyl groups is 1. The van der Waals surface area contributed by atoms with Crippen molar-refractivity contribution >= 4 is 17.8 Å². The van der Waals surface area contributed by atoms with E-state index < -0.39 is 0 Å². The predicted octanol–water partition coefficient (Wildman–Crippen LogP) is 3.35. The van der Waals surface area contributed by atoms with Crippen LogP contribution < -0.4 is 5.32 Å². The molecule has 2 aliphatic carbocycles. The summed E-state index contributed by atoms with van der Waals surface area (Å²) in [5.41, 5.74) is 2.63. The van der Waals surface area contributed by atoms with Gasteiger partial charge < -0.3 is 15.3 Å². The van der Waals surface area contributed by atoms with E-state index in [1.54, 1.807) is 0 Å². The van der Waals surface area contributed by atoms with Crippen LogP contribution in [0.5, 0.6) is 0 Å². The maximum Gasteiger partial charge on any atom is 0.318 e. The number of fused-ring (bicyclic) bond motifs is 1. The smallest absolute Gasteiger partial charge is 0.318 e. The summed E-state index contributed by atoms with van der Waals surface area (Å²) in [4.78, 5) is 14.9. The van der Waals surface area contributed by atoms with Gasteiger partial charge in [-0.05, 0) is 55.9 Å². The Balaban J connectivity index is 1.69. The van der Waals surface area contributed by atoms with Crippen LogP contribution in [0.3, 0.4) is 0 Å². The van der Waals surface area contributed by atoms with Gasteiger partial charge in [0.15, 0.2) is 0 Å². The first-order chi connectivity index (χ1) is 11.7. The van der Waals surface area contributed by atoms with E-state index in [1.807, 2.05) is 16.7 Å². The van der Waals surface area contributed by atoms with E-state index in [9.17, 15) is 9.90 Å². The summed E-state index contributed by atoms with van der Waals surface area (Å²) in [6.07, 6.45) is 8.13. The zero-order valence-corrected chi connectivity index (χ0v) is 15.2. The second-order valence-electron chi connectivity index (χ2n) is 6.84. The second kappa shape index (κ2) is 8.26. The maximum absolute atomic E-state index is 12.9. The van der Waals surface area contributed by atoms with Gasteiger partial charge in [0.25, 0.3) is 0 Å². The number of nitrogens with one attached hydrogen (secondary N) is 1. The molecule has 2 N–H and O–H groups in total. The first-order valence-corrected chi connectivity index (χ1v) is 10.3. The molecule has 24 heavy (non-hydrogen) atoms. The summed E-state index contributed by atoms with van der Waals surface area (Å²) in [6.45, 7) is 0.732. The number of urea groups is 1. The average Bonchev–Trinajstić information content (AvgIpc) is 3.22. The molecule has 0 saturated heterocycles.